The molecule has 0 aliphatic carbocycles. The molecule has 0 bridgehead atoms. The van der Waals surface area contributed by atoms with Gasteiger partial charge in [-0.25, -0.2) is 0 Å². The van der Waals surface area contributed by atoms with Crippen LogP contribution < -0.4 is 9.64 Å². The van der Waals surface area contributed by atoms with Crippen LogP contribution in [0.1, 0.15) is 6.92 Å². The van der Waals surface area contributed by atoms with Gasteiger partial charge in [-0.05, 0) is 24.3 Å². The number of likely N-dealkylation sites (tertiary alicyclic amines) is 1. The molecule has 2 aliphatic heterocycles. The minimum absolute atomic E-state index is 0.197. The van der Waals surface area contributed by atoms with E-state index in [0.29, 0.717) is 6.04 Å². The van der Waals surface area contributed by atoms with E-state index in [9.17, 15) is 4.79 Å². The highest BCUT2D eigenvalue weighted by Crippen LogP contribution is 2.22. The lowest BCUT2D eigenvalue weighted by atomic mass is 10.1. The van der Waals surface area contributed by atoms with Gasteiger partial charge in [0.1, 0.15) is 5.75 Å². The van der Waals surface area contributed by atoms with E-state index < -0.39 is 0 Å². The van der Waals surface area contributed by atoms with Crippen molar-refractivity contribution in [3.8, 4) is 5.75 Å². The lowest BCUT2D eigenvalue weighted by Crippen LogP contribution is -2.63. The lowest BCUT2D eigenvalue weighted by Gasteiger charge is -2.48. The van der Waals surface area contributed by atoms with Crippen LogP contribution in [0, 0.1) is 0 Å². The summed E-state index contributed by atoms with van der Waals surface area (Å²) in [6.45, 7) is 7.68. The maximum absolute atomic E-state index is 11.2. The van der Waals surface area contributed by atoms with Gasteiger partial charge < -0.3 is 14.5 Å². The average molecular weight is 289 g/mol. The Kier molecular flexibility index (Phi) is 4.01. The number of methoxy groups -OCH3 is 1. The summed E-state index contributed by atoms with van der Waals surface area (Å²) in [6.07, 6.45) is 0. The molecule has 2 heterocycles. The average Bonchev–Trinajstić information content (AvgIpc) is 2.46. The summed E-state index contributed by atoms with van der Waals surface area (Å²) in [5.41, 5.74) is 1.26. The Labute approximate surface area is 126 Å². The Morgan fingerprint density at radius 3 is 2.24 bits per heavy atom. The van der Waals surface area contributed by atoms with Crippen LogP contribution in [-0.2, 0) is 4.79 Å². The monoisotopic (exact) mass is 289 g/mol. The molecule has 0 atom stereocenters. The van der Waals surface area contributed by atoms with Crippen LogP contribution >= 0.6 is 0 Å². The molecule has 0 spiro atoms. The van der Waals surface area contributed by atoms with Crippen LogP contribution in [0.4, 0.5) is 5.69 Å². The molecule has 0 radical (unpaired) electrons. The van der Waals surface area contributed by atoms with Crippen LogP contribution in [0.2, 0.25) is 0 Å². The summed E-state index contributed by atoms with van der Waals surface area (Å²) in [6, 6.07) is 8.83. The smallest absolute Gasteiger partial charge is 0.219 e. The van der Waals surface area contributed by atoms with Gasteiger partial charge in [-0.15, -0.1) is 0 Å². The highest BCUT2D eigenvalue weighted by atomic mass is 16.5. The van der Waals surface area contributed by atoms with E-state index in [1.54, 1.807) is 14.0 Å². The van der Waals surface area contributed by atoms with E-state index in [2.05, 4.69) is 21.9 Å². The molecule has 1 aromatic rings. The summed E-state index contributed by atoms with van der Waals surface area (Å²) in [4.78, 5) is 18.1. The van der Waals surface area contributed by atoms with Gasteiger partial charge in [-0.2, -0.15) is 0 Å². The number of carbonyl (C=O) groups is 1. The summed E-state index contributed by atoms with van der Waals surface area (Å²) in [7, 11) is 1.69. The molecule has 1 aromatic carbocycles. The molecule has 2 fully saturated rings. The SMILES string of the molecule is COc1ccc(N2CCN(C3CN(C(C)=O)C3)CC2)cc1. The maximum atomic E-state index is 11.2. The van der Waals surface area contributed by atoms with Crippen molar-refractivity contribution in [1.82, 2.24) is 9.80 Å². The minimum atomic E-state index is 0.197. The van der Waals surface area contributed by atoms with E-state index in [4.69, 9.17) is 4.74 Å². The second kappa shape index (κ2) is 5.93. The van der Waals surface area contributed by atoms with Crippen LogP contribution in [-0.4, -0.2) is 68.1 Å². The number of ether oxygens (including phenoxy) is 1. The molecular formula is C16H23N3O2. The molecular weight excluding hydrogens is 266 g/mol. The Hall–Kier alpha value is -1.75. The standard InChI is InChI=1S/C16H23N3O2/c1-13(20)19-11-15(12-19)18-9-7-17(8-10-18)14-3-5-16(21-2)6-4-14/h3-6,15H,7-12H2,1-2H3. The third-order valence-electron chi connectivity index (χ3n) is 4.58. The fraction of sp³-hybridized carbons (Fsp3) is 0.562. The molecule has 5 nitrogen and oxygen atoms in total. The van der Waals surface area contributed by atoms with Crippen molar-refractivity contribution in [3.05, 3.63) is 24.3 Å². The number of carbonyl (C=O) groups excluding carboxylic acids is 1. The second-order valence-corrected chi connectivity index (χ2v) is 5.80. The number of amides is 1. The normalized spacial score (nSPS) is 20.3. The molecule has 114 valence electrons. The molecule has 2 saturated heterocycles. The first-order valence-corrected chi connectivity index (χ1v) is 7.56. The third kappa shape index (κ3) is 2.97. The first-order chi connectivity index (χ1) is 10.2. The van der Waals surface area contributed by atoms with Crippen LogP contribution in [0.25, 0.3) is 0 Å². The molecule has 0 unspecified atom stereocenters. The van der Waals surface area contributed by atoms with Crippen molar-refractivity contribution in [1.29, 1.82) is 0 Å². The number of benzene rings is 1. The molecule has 0 aromatic heterocycles. The molecule has 0 saturated carbocycles. The van der Waals surface area contributed by atoms with Gasteiger partial charge in [-0.3, -0.25) is 9.69 Å². The van der Waals surface area contributed by atoms with Crippen molar-refractivity contribution < 1.29 is 9.53 Å². The number of piperazine rings is 1. The van der Waals surface area contributed by atoms with Crippen LogP contribution in [0.15, 0.2) is 24.3 Å². The van der Waals surface area contributed by atoms with E-state index >= 15 is 0 Å². The zero-order valence-corrected chi connectivity index (χ0v) is 12.8. The van der Waals surface area contributed by atoms with Gasteiger partial charge in [0.25, 0.3) is 0 Å². The van der Waals surface area contributed by atoms with E-state index in [-0.39, 0.29) is 5.91 Å². The Morgan fingerprint density at radius 1 is 1.10 bits per heavy atom. The van der Waals surface area contributed by atoms with Gasteiger partial charge in [0.05, 0.1) is 7.11 Å². The maximum Gasteiger partial charge on any atom is 0.219 e. The molecule has 2 aliphatic rings. The molecule has 0 N–H and O–H groups in total. The number of rotatable bonds is 3. The minimum Gasteiger partial charge on any atom is -0.497 e. The van der Waals surface area contributed by atoms with E-state index in [1.165, 1.54) is 5.69 Å². The summed E-state index contributed by atoms with van der Waals surface area (Å²) in [5, 5.41) is 0. The van der Waals surface area contributed by atoms with E-state index in [0.717, 1.165) is 45.0 Å². The second-order valence-electron chi connectivity index (χ2n) is 5.80. The van der Waals surface area contributed by atoms with Crippen molar-refractivity contribution in [2.45, 2.75) is 13.0 Å². The first-order valence-electron chi connectivity index (χ1n) is 7.56. The molecule has 21 heavy (non-hydrogen) atoms. The van der Waals surface area contributed by atoms with Gasteiger partial charge in [0.2, 0.25) is 5.91 Å². The Balaban J connectivity index is 1.50. The van der Waals surface area contributed by atoms with Crippen molar-refractivity contribution in [3.63, 3.8) is 0 Å². The number of anilines is 1. The summed E-state index contributed by atoms with van der Waals surface area (Å²) >= 11 is 0. The largest absolute Gasteiger partial charge is 0.497 e. The van der Waals surface area contributed by atoms with E-state index in [1.807, 2.05) is 17.0 Å². The van der Waals surface area contributed by atoms with Gasteiger partial charge in [0.15, 0.2) is 0 Å². The summed E-state index contributed by atoms with van der Waals surface area (Å²) < 4.78 is 5.20. The number of nitrogens with zero attached hydrogens (tertiary/aromatic N) is 3. The number of hydrogen-bond donors (Lipinski definition) is 0. The third-order valence-corrected chi connectivity index (χ3v) is 4.58. The fourth-order valence-corrected chi connectivity index (χ4v) is 3.08. The zero-order valence-electron chi connectivity index (χ0n) is 12.8. The summed E-state index contributed by atoms with van der Waals surface area (Å²) in [5.74, 6) is 1.10. The van der Waals surface area contributed by atoms with Gasteiger partial charge in [0, 0.05) is 57.9 Å². The topological polar surface area (TPSA) is 36.0 Å². The Morgan fingerprint density at radius 2 is 1.71 bits per heavy atom. The quantitative estimate of drug-likeness (QED) is 0.833. The van der Waals surface area contributed by atoms with Gasteiger partial charge in [-0.1, -0.05) is 0 Å². The number of hydrogen-bond acceptors (Lipinski definition) is 4. The molecule has 1 amide bonds. The van der Waals surface area contributed by atoms with Crippen LogP contribution in [0.5, 0.6) is 5.75 Å². The highest BCUT2D eigenvalue weighted by molar-refractivity contribution is 5.74. The molecule has 3 rings (SSSR count). The lowest BCUT2D eigenvalue weighted by molar-refractivity contribution is -0.136. The van der Waals surface area contributed by atoms with Crippen molar-refractivity contribution >= 4 is 11.6 Å². The van der Waals surface area contributed by atoms with Crippen molar-refractivity contribution in [2.24, 2.45) is 0 Å². The predicted molar refractivity (Wildman–Crippen MR) is 82.8 cm³/mol. The fourth-order valence-electron chi connectivity index (χ4n) is 3.08. The Bertz CT molecular complexity index is 489. The molecule has 5 heteroatoms. The van der Waals surface area contributed by atoms with Crippen LogP contribution in [0.3, 0.4) is 0 Å². The van der Waals surface area contributed by atoms with Crippen molar-refractivity contribution in [2.75, 3.05) is 51.3 Å². The first kappa shape index (κ1) is 14.2. The zero-order chi connectivity index (χ0) is 14.8. The predicted octanol–water partition coefficient (Wildman–Crippen LogP) is 1.05. The highest BCUT2D eigenvalue weighted by Gasteiger charge is 2.34. The van der Waals surface area contributed by atoms with Gasteiger partial charge >= 0.3 is 0 Å².